The zero-order chi connectivity index (χ0) is 31.0. The molecule has 4 aliphatic rings. The lowest BCUT2D eigenvalue weighted by atomic mass is 9.43. The molecule has 0 aromatic rings. The minimum Gasteiger partial charge on any atom is -0.393 e. The Morgan fingerprint density at radius 3 is 2.30 bits per heavy atom. The number of hydrogen-bond donors (Lipinski definition) is 6. The number of ketones is 1. The smallest absolute Gasteiger partial charge is 0.132 e. The average Bonchev–Trinajstić information content (AvgIpc) is 3.35. The predicted octanol–water partition coefficient (Wildman–Crippen LogP) is 4.64. The third kappa shape index (κ3) is 8.05. The van der Waals surface area contributed by atoms with Gasteiger partial charge in [-0.15, -0.1) is 0 Å². The molecule has 4 aliphatic carbocycles. The highest BCUT2D eigenvalue weighted by Crippen LogP contribution is 2.68. The van der Waals surface area contributed by atoms with E-state index < -0.39 is 0 Å². The first-order chi connectivity index (χ1) is 20.7. The van der Waals surface area contributed by atoms with E-state index in [-0.39, 0.29) is 23.0 Å². The fourth-order valence-electron chi connectivity index (χ4n) is 10.6. The second-order valence-electron chi connectivity index (χ2n) is 15.6. The summed E-state index contributed by atoms with van der Waals surface area (Å²) in [6.07, 6.45) is 13.9. The largest absolute Gasteiger partial charge is 0.393 e. The van der Waals surface area contributed by atoms with E-state index in [0.717, 1.165) is 90.6 Å². The minimum absolute atomic E-state index is 0.145. The van der Waals surface area contributed by atoms with Crippen molar-refractivity contribution < 1.29 is 15.0 Å². The summed E-state index contributed by atoms with van der Waals surface area (Å²) in [5.41, 5.74) is 5.60. The summed E-state index contributed by atoms with van der Waals surface area (Å²) >= 11 is 0. The average molecular weight is 605 g/mol. The molecule has 43 heavy (non-hydrogen) atoms. The van der Waals surface area contributed by atoms with Gasteiger partial charge in [0, 0.05) is 18.9 Å². The van der Waals surface area contributed by atoms with E-state index in [9.17, 15) is 15.0 Å². The minimum atomic E-state index is -0.311. The highest BCUT2D eigenvalue weighted by molar-refractivity contribution is 5.77. The third-order valence-corrected chi connectivity index (χ3v) is 13.3. The SMILES string of the molecule is CCC(=O)CC[C@@H](C)[C@H]1CCC2C3C(CC(O)[C@@]21C)[C@@]1(C)CC[C@H](NCCCNCCCCNCCCN)C[C@@H]1C[C@H]3O. The van der Waals surface area contributed by atoms with Crippen molar-refractivity contribution in [2.45, 2.75) is 136 Å². The first-order valence-electron chi connectivity index (χ1n) is 18.4. The van der Waals surface area contributed by atoms with Gasteiger partial charge in [-0.05, 0) is 163 Å². The van der Waals surface area contributed by atoms with Crippen molar-refractivity contribution in [3.05, 3.63) is 0 Å². The van der Waals surface area contributed by atoms with Crippen LogP contribution in [0.1, 0.15) is 118 Å². The van der Waals surface area contributed by atoms with E-state index in [1.165, 1.54) is 25.7 Å². The van der Waals surface area contributed by atoms with Crippen molar-refractivity contribution in [1.82, 2.24) is 16.0 Å². The molecule has 7 heteroatoms. The second-order valence-corrected chi connectivity index (χ2v) is 15.6. The lowest BCUT2D eigenvalue weighted by molar-refractivity contribution is -0.202. The number of aliphatic hydroxyl groups excluding tert-OH is 2. The molecule has 4 rings (SSSR count). The van der Waals surface area contributed by atoms with Crippen LogP contribution in [0.3, 0.4) is 0 Å². The summed E-state index contributed by atoms with van der Waals surface area (Å²) in [7, 11) is 0. The van der Waals surface area contributed by atoms with Crippen molar-refractivity contribution in [1.29, 1.82) is 0 Å². The Morgan fingerprint density at radius 1 is 0.907 bits per heavy atom. The molecule has 250 valence electrons. The van der Waals surface area contributed by atoms with E-state index in [0.29, 0.717) is 60.2 Å². The number of hydrogen-bond acceptors (Lipinski definition) is 7. The number of carbonyl (C=O) groups excluding carboxylic acids is 1. The molecule has 0 aromatic carbocycles. The number of unbranched alkanes of at least 4 members (excludes halogenated alkanes) is 1. The topological polar surface area (TPSA) is 120 Å². The van der Waals surface area contributed by atoms with Gasteiger partial charge in [-0.3, -0.25) is 4.79 Å². The molecule has 0 amide bonds. The van der Waals surface area contributed by atoms with Gasteiger partial charge in [-0.1, -0.05) is 27.7 Å². The van der Waals surface area contributed by atoms with Crippen LogP contribution in [-0.4, -0.2) is 73.5 Å². The van der Waals surface area contributed by atoms with E-state index in [4.69, 9.17) is 5.73 Å². The Labute approximate surface area is 263 Å². The van der Waals surface area contributed by atoms with Gasteiger partial charge in [0.2, 0.25) is 0 Å². The second kappa shape index (κ2) is 16.3. The highest BCUT2D eigenvalue weighted by Gasteiger charge is 2.65. The highest BCUT2D eigenvalue weighted by atomic mass is 16.3. The zero-order valence-electron chi connectivity index (χ0n) is 28.2. The normalized spacial score (nSPS) is 39.6. The molecule has 7 nitrogen and oxygen atoms in total. The first-order valence-corrected chi connectivity index (χ1v) is 18.4. The molecule has 4 saturated carbocycles. The molecule has 0 aromatic heterocycles. The number of nitrogens with one attached hydrogen (secondary N) is 3. The van der Waals surface area contributed by atoms with Gasteiger partial charge in [0.15, 0.2) is 0 Å². The van der Waals surface area contributed by atoms with Gasteiger partial charge < -0.3 is 31.9 Å². The summed E-state index contributed by atoms with van der Waals surface area (Å²) < 4.78 is 0. The molecular formula is C36H68N4O3. The van der Waals surface area contributed by atoms with E-state index in [1.54, 1.807) is 0 Å². The summed E-state index contributed by atoms with van der Waals surface area (Å²) in [6, 6.07) is 0.544. The number of fused-ring (bicyclic) bond motifs is 5. The van der Waals surface area contributed by atoms with Gasteiger partial charge in [0.05, 0.1) is 12.2 Å². The van der Waals surface area contributed by atoms with Gasteiger partial charge >= 0.3 is 0 Å². The number of aliphatic hydroxyl groups is 2. The van der Waals surface area contributed by atoms with Gasteiger partial charge in [-0.25, -0.2) is 0 Å². The molecule has 7 N–H and O–H groups in total. The predicted molar refractivity (Wildman–Crippen MR) is 177 cm³/mol. The lowest BCUT2D eigenvalue weighted by Crippen LogP contribution is -2.62. The Kier molecular flexibility index (Phi) is 13.4. The third-order valence-electron chi connectivity index (χ3n) is 13.3. The number of nitrogens with two attached hydrogens (primary N) is 1. The summed E-state index contributed by atoms with van der Waals surface area (Å²) in [4.78, 5) is 12.1. The zero-order valence-corrected chi connectivity index (χ0v) is 28.2. The van der Waals surface area contributed by atoms with E-state index in [1.807, 2.05) is 6.92 Å². The molecule has 11 atom stereocenters. The molecule has 0 heterocycles. The van der Waals surface area contributed by atoms with Crippen LogP contribution in [0.25, 0.3) is 0 Å². The van der Waals surface area contributed by atoms with Gasteiger partial charge in [0.1, 0.15) is 5.78 Å². The Morgan fingerprint density at radius 2 is 1.60 bits per heavy atom. The Balaban J connectivity index is 1.23. The maximum Gasteiger partial charge on any atom is 0.132 e. The maximum atomic E-state index is 12.1. The monoisotopic (exact) mass is 605 g/mol. The van der Waals surface area contributed by atoms with Gasteiger partial charge in [0.25, 0.3) is 0 Å². The van der Waals surface area contributed by atoms with Crippen LogP contribution in [0.5, 0.6) is 0 Å². The molecular weight excluding hydrogens is 536 g/mol. The van der Waals surface area contributed by atoms with Gasteiger partial charge in [-0.2, -0.15) is 0 Å². The molecule has 0 spiro atoms. The van der Waals surface area contributed by atoms with Crippen LogP contribution < -0.4 is 21.7 Å². The van der Waals surface area contributed by atoms with Crippen molar-refractivity contribution >= 4 is 5.78 Å². The van der Waals surface area contributed by atoms with Crippen LogP contribution in [0.2, 0.25) is 0 Å². The summed E-state index contributed by atoms with van der Waals surface area (Å²) in [5.74, 6) is 2.86. The first kappa shape index (κ1) is 35.3. The van der Waals surface area contributed by atoms with Crippen molar-refractivity contribution in [3.63, 3.8) is 0 Å². The van der Waals surface area contributed by atoms with Crippen molar-refractivity contribution in [2.24, 2.45) is 52.1 Å². The van der Waals surface area contributed by atoms with E-state index in [2.05, 4.69) is 36.7 Å². The molecule has 4 fully saturated rings. The maximum absolute atomic E-state index is 12.1. The molecule has 0 bridgehead atoms. The fourth-order valence-corrected chi connectivity index (χ4v) is 10.6. The van der Waals surface area contributed by atoms with Crippen LogP contribution in [0.4, 0.5) is 0 Å². The molecule has 4 unspecified atom stereocenters. The fraction of sp³-hybridized carbons (Fsp3) is 0.972. The summed E-state index contributed by atoms with van der Waals surface area (Å²) in [5, 5.41) is 34.5. The molecule has 0 saturated heterocycles. The standard InChI is InChI=1S/C36H68N4O3/c1-5-28(41)11-10-25(2)29-12-13-30-34-31(24-33(43)36(29,30)4)35(3)15-14-27(22-26(35)23-32(34)42)40-21-9-20-39-18-7-6-17-38-19-8-16-37/h25-27,29-34,38-40,42-43H,5-24,37H2,1-4H3/t25-,26-,27+,29-,30?,31?,32-,33?,34?,35+,36-/m1/s1. The quantitative estimate of drug-likeness (QED) is 0.126. The Bertz CT molecular complexity index is 858. The number of carbonyl (C=O) groups is 1. The van der Waals surface area contributed by atoms with Crippen LogP contribution in [0, 0.1) is 46.3 Å². The lowest BCUT2D eigenvalue weighted by Gasteiger charge is -2.63. The summed E-state index contributed by atoms with van der Waals surface area (Å²) in [6.45, 7) is 15.2. The van der Waals surface area contributed by atoms with Crippen LogP contribution in [-0.2, 0) is 4.79 Å². The number of Topliss-reactive ketones (excluding diaryl/α,β-unsaturated/α-hetero) is 1. The molecule has 0 radical (unpaired) electrons. The molecule has 0 aliphatic heterocycles. The Hall–Kier alpha value is -0.570. The van der Waals surface area contributed by atoms with Crippen LogP contribution in [0.15, 0.2) is 0 Å². The van der Waals surface area contributed by atoms with Crippen LogP contribution >= 0.6 is 0 Å². The van der Waals surface area contributed by atoms with Crippen molar-refractivity contribution in [2.75, 3.05) is 39.3 Å². The number of rotatable bonds is 18. The van der Waals surface area contributed by atoms with E-state index >= 15 is 0 Å². The van der Waals surface area contributed by atoms with Crippen molar-refractivity contribution in [3.8, 4) is 0 Å².